The van der Waals surface area contributed by atoms with E-state index in [1.165, 1.54) is 25.3 Å². The molecule has 0 aromatic heterocycles. The van der Waals surface area contributed by atoms with Gasteiger partial charge in [-0.3, -0.25) is 0 Å². The summed E-state index contributed by atoms with van der Waals surface area (Å²) >= 11 is 0. The Morgan fingerprint density at radius 1 is 1.10 bits per heavy atom. The number of nitrogens with one attached hydrogen (secondary N) is 1. The van der Waals surface area contributed by atoms with Crippen LogP contribution in [-0.4, -0.2) is 6.54 Å². The molecule has 0 spiro atoms. The lowest BCUT2D eigenvalue weighted by atomic mass is 9.92. The largest absolute Gasteiger partial charge is 0.310 e. The summed E-state index contributed by atoms with van der Waals surface area (Å²) in [5.41, 5.74) is 0.301. The Hall–Kier alpha value is -1.03. The predicted molar refractivity (Wildman–Crippen MR) is 74.0 cm³/mol. The van der Waals surface area contributed by atoms with Crippen molar-refractivity contribution in [1.29, 1.82) is 0 Å². The van der Waals surface area contributed by atoms with Crippen LogP contribution >= 0.6 is 0 Å². The minimum absolute atomic E-state index is 0.177. The van der Waals surface area contributed by atoms with Crippen LogP contribution in [0.5, 0.6) is 0 Å². The standard InChI is InChI=1S/C17H20F3N/c1-2-21-17(10-5-6-11(18)16(20)15(10)19)14-12-8-3-4-9(7-8)13(12)14/h5-6,8-9,12-14,17,21H,2-4,7H2,1H3. The van der Waals surface area contributed by atoms with E-state index in [9.17, 15) is 13.2 Å². The first-order chi connectivity index (χ1) is 10.1. The van der Waals surface area contributed by atoms with E-state index in [1.54, 1.807) is 0 Å². The van der Waals surface area contributed by atoms with Crippen molar-refractivity contribution in [3.05, 3.63) is 35.1 Å². The Bertz CT molecular complexity index is 557. The van der Waals surface area contributed by atoms with E-state index in [2.05, 4.69) is 5.32 Å². The van der Waals surface area contributed by atoms with Crippen molar-refractivity contribution < 1.29 is 13.2 Å². The Morgan fingerprint density at radius 3 is 2.38 bits per heavy atom. The van der Waals surface area contributed by atoms with Crippen LogP contribution in [0.1, 0.15) is 37.8 Å². The second kappa shape index (κ2) is 4.73. The molecule has 0 aliphatic heterocycles. The number of hydrogen-bond donors (Lipinski definition) is 1. The number of fused-ring (bicyclic) bond motifs is 5. The summed E-state index contributed by atoms with van der Waals surface area (Å²) in [6.07, 6.45) is 3.91. The number of rotatable bonds is 4. The van der Waals surface area contributed by atoms with E-state index < -0.39 is 17.5 Å². The summed E-state index contributed by atoms with van der Waals surface area (Å²) in [4.78, 5) is 0. The van der Waals surface area contributed by atoms with E-state index >= 15 is 0 Å². The van der Waals surface area contributed by atoms with Crippen LogP contribution in [0.2, 0.25) is 0 Å². The summed E-state index contributed by atoms with van der Waals surface area (Å²) in [6, 6.07) is 2.28. The van der Waals surface area contributed by atoms with Gasteiger partial charge in [0.1, 0.15) is 0 Å². The fraction of sp³-hybridized carbons (Fsp3) is 0.647. The highest BCUT2D eigenvalue weighted by Gasteiger charge is 2.66. The van der Waals surface area contributed by atoms with Gasteiger partial charge in [-0.05, 0) is 61.5 Å². The number of halogens is 3. The van der Waals surface area contributed by atoms with Crippen LogP contribution in [0.15, 0.2) is 12.1 Å². The van der Waals surface area contributed by atoms with Crippen LogP contribution in [0.3, 0.4) is 0 Å². The van der Waals surface area contributed by atoms with Crippen molar-refractivity contribution in [3.63, 3.8) is 0 Å². The van der Waals surface area contributed by atoms with Crippen molar-refractivity contribution in [2.75, 3.05) is 6.54 Å². The molecule has 1 nitrogen and oxygen atoms in total. The molecule has 4 heteroatoms. The molecule has 4 rings (SSSR count). The topological polar surface area (TPSA) is 12.0 Å². The summed E-state index contributed by atoms with van der Waals surface area (Å²) < 4.78 is 40.9. The van der Waals surface area contributed by atoms with Crippen molar-refractivity contribution >= 4 is 0 Å². The molecule has 5 unspecified atom stereocenters. The second-order valence-electron chi connectivity index (χ2n) is 6.87. The maximum absolute atomic E-state index is 14.2. The zero-order chi connectivity index (χ0) is 14.7. The van der Waals surface area contributed by atoms with Gasteiger partial charge >= 0.3 is 0 Å². The minimum atomic E-state index is -1.34. The molecule has 2 bridgehead atoms. The van der Waals surface area contributed by atoms with Crippen LogP contribution < -0.4 is 5.32 Å². The predicted octanol–water partition coefficient (Wildman–Crippen LogP) is 4.05. The Labute approximate surface area is 122 Å². The van der Waals surface area contributed by atoms with Gasteiger partial charge < -0.3 is 5.32 Å². The van der Waals surface area contributed by atoms with E-state index in [4.69, 9.17) is 0 Å². The summed E-state index contributed by atoms with van der Waals surface area (Å²) in [6.45, 7) is 2.67. The normalized spacial score (nSPS) is 37.6. The molecule has 5 atom stereocenters. The molecular weight excluding hydrogens is 275 g/mol. The summed E-state index contributed by atoms with van der Waals surface area (Å²) in [5, 5.41) is 3.32. The molecule has 1 aromatic carbocycles. The van der Waals surface area contributed by atoms with Gasteiger partial charge in [0, 0.05) is 11.6 Å². The lowest BCUT2D eigenvalue weighted by molar-refractivity contribution is 0.357. The fourth-order valence-corrected chi connectivity index (χ4v) is 5.29. The third-order valence-electron chi connectivity index (χ3n) is 6.00. The Kier molecular flexibility index (Phi) is 3.07. The van der Waals surface area contributed by atoms with Gasteiger partial charge in [0.2, 0.25) is 0 Å². The first-order valence-corrected chi connectivity index (χ1v) is 8.00. The van der Waals surface area contributed by atoms with Gasteiger partial charge in [-0.15, -0.1) is 0 Å². The van der Waals surface area contributed by atoms with Crippen molar-refractivity contribution in [2.45, 2.75) is 32.2 Å². The molecule has 3 aliphatic carbocycles. The van der Waals surface area contributed by atoms with Gasteiger partial charge in [-0.25, -0.2) is 13.2 Å². The molecule has 3 saturated carbocycles. The Morgan fingerprint density at radius 2 is 1.76 bits per heavy atom. The number of hydrogen-bond acceptors (Lipinski definition) is 1. The smallest absolute Gasteiger partial charge is 0.194 e. The zero-order valence-electron chi connectivity index (χ0n) is 12.1. The molecule has 0 radical (unpaired) electrons. The van der Waals surface area contributed by atoms with Gasteiger partial charge in [-0.2, -0.15) is 0 Å². The highest BCUT2D eigenvalue weighted by Crippen LogP contribution is 2.72. The third kappa shape index (κ3) is 1.88. The van der Waals surface area contributed by atoms with Gasteiger partial charge in [0.25, 0.3) is 0 Å². The van der Waals surface area contributed by atoms with Gasteiger partial charge in [0.15, 0.2) is 17.5 Å². The molecule has 3 fully saturated rings. The summed E-state index contributed by atoms with van der Waals surface area (Å²) in [5.74, 6) is -0.180. The molecule has 0 saturated heterocycles. The molecule has 1 aromatic rings. The SMILES string of the molecule is CCNC(c1ccc(F)c(F)c1F)C1C2C3CCC(C3)C21. The molecular formula is C17H20F3N. The molecule has 114 valence electrons. The molecule has 1 N–H and O–H groups in total. The quantitative estimate of drug-likeness (QED) is 0.826. The van der Waals surface area contributed by atoms with Crippen molar-refractivity contribution in [1.82, 2.24) is 5.32 Å². The highest BCUT2D eigenvalue weighted by atomic mass is 19.2. The third-order valence-corrected chi connectivity index (χ3v) is 6.00. The second-order valence-corrected chi connectivity index (χ2v) is 6.87. The number of benzene rings is 1. The lowest BCUT2D eigenvalue weighted by Gasteiger charge is -2.22. The first-order valence-electron chi connectivity index (χ1n) is 8.00. The minimum Gasteiger partial charge on any atom is -0.310 e. The monoisotopic (exact) mass is 295 g/mol. The van der Waals surface area contributed by atoms with Gasteiger partial charge in [-0.1, -0.05) is 13.0 Å². The van der Waals surface area contributed by atoms with E-state index in [0.717, 1.165) is 17.9 Å². The van der Waals surface area contributed by atoms with Crippen molar-refractivity contribution in [3.8, 4) is 0 Å². The molecule has 3 aliphatic rings. The maximum atomic E-state index is 14.2. The maximum Gasteiger partial charge on any atom is 0.194 e. The van der Waals surface area contributed by atoms with Crippen LogP contribution in [0, 0.1) is 47.0 Å². The average molecular weight is 295 g/mol. The van der Waals surface area contributed by atoms with Crippen molar-refractivity contribution in [2.24, 2.45) is 29.6 Å². The zero-order valence-corrected chi connectivity index (χ0v) is 12.1. The summed E-state index contributed by atoms with van der Waals surface area (Å²) in [7, 11) is 0. The fourth-order valence-electron chi connectivity index (χ4n) is 5.29. The van der Waals surface area contributed by atoms with E-state index in [0.29, 0.717) is 29.9 Å². The first kappa shape index (κ1) is 13.6. The highest BCUT2D eigenvalue weighted by molar-refractivity contribution is 5.29. The van der Waals surface area contributed by atoms with Crippen LogP contribution in [-0.2, 0) is 0 Å². The van der Waals surface area contributed by atoms with Crippen LogP contribution in [0.4, 0.5) is 13.2 Å². The average Bonchev–Trinajstić information content (AvgIpc) is 2.88. The van der Waals surface area contributed by atoms with Gasteiger partial charge in [0.05, 0.1) is 0 Å². The molecule has 21 heavy (non-hydrogen) atoms. The molecule has 0 heterocycles. The van der Waals surface area contributed by atoms with E-state index in [-0.39, 0.29) is 6.04 Å². The van der Waals surface area contributed by atoms with E-state index in [1.807, 2.05) is 6.92 Å². The Balaban J connectivity index is 1.66. The molecule has 0 amide bonds. The lowest BCUT2D eigenvalue weighted by Crippen LogP contribution is -2.26. The van der Waals surface area contributed by atoms with Crippen LogP contribution in [0.25, 0.3) is 0 Å².